The van der Waals surface area contributed by atoms with E-state index in [1.165, 1.54) is 6.92 Å². The normalized spacial score (nSPS) is 9.57. The Morgan fingerprint density at radius 1 is 1.71 bits per heavy atom. The van der Waals surface area contributed by atoms with Gasteiger partial charge in [0.05, 0.1) is 5.69 Å². The molecule has 0 aromatic carbocycles. The van der Waals surface area contributed by atoms with E-state index in [2.05, 4.69) is 15.0 Å². The van der Waals surface area contributed by atoms with Gasteiger partial charge in [-0.05, 0) is 6.92 Å². The molecule has 0 aliphatic heterocycles. The van der Waals surface area contributed by atoms with Crippen molar-refractivity contribution in [3.63, 3.8) is 0 Å². The Hall–Kier alpha value is -1.85. The minimum atomic E-state index is -0.269. The van der Waals surface area contributed by atoms with Crippen molar-refractivity contribution in [2.24, 2.45) is 0 Å². The Balaban J connectivity index is 2.71. The Bertz CT molecular complexity index is 345. The van der Waals surface area contributed by atoms with Crippen LogP contribution in [-0.2, 0) is 20.9 Å². The van der Waals surface area contributed by atoms with Gasteiger partial charge >= 0.3 is 6.01 Å². The summed E-state index contributed by atoms with van der Waals surface area (Å²) in [5, 5.41) is 2.38. The lowest BCUT2D eigenvalue weighted by atomic mass is 10.4. The predicted molar refractivity (Wildman–Crippen MR) is 46.4 cm³/mol. The molecule has 1 N–H and O–H groups in total. The average Bonchev–Trinajstić information content (AvgIpc) is 2.41. The number of aromatic nitrogens is 1. The monoisotopic (exact) mass is 198 g/mol. The Kier molecular flexibility index (Phi) is 3.22. The van der Waals surface area contributed by atoms with Gasteiger partial charge in [-0.1, -0.05) is 0 Å². The van der Waals surface area contributed by atoms with Gasteiger partial charge in [-0.3, -0.25) is 14.9 Å². The molecule has 1 aromatic heterocycles. The van der Waals surface area contributed by atoms with Gasteiger partial charge in [-0.2, -0.15) is 4.98 Å². The summed E-state index contributed by atoms with van der Waals surface area (Å²) in [4.78, 5) is 24.5. The van der Waals surface area contributed by atoms with Crippen LogP contribution in [0, 0.1) is 6.92 Å². The molecule has 0 saturated carbocycles. The van der Waals surface area contributed by atoms with Crippen LogP contribution < -0.4 is 5.32 Å². The van der Waals surface area contributed by atoms with Gasteiger partial charge in [-0.15, -0.1) is 0 Å². The minimum absolute atomic E-state index is 0.0158. The van der Waals surface area contributed by atoms with Crippen LogP contribution in [0.4, 0.5) is 6.01 Å². The van der Waals surface area contributed by atoms with Gasteiger partial charge in [0.2, 0.25) is 5.91 Å². The molecule has 6 nitrogen and oxygen atoms in total. The fraction of sp³-hybridized carbons (Fsp3) is 0.375. The zero-order chi connectivity index (χ0) is 10.6. The second-order valence-corrected chi connectivity index (χ2v) is 2.62. The van der Waals surface area contributed by atoms with Crippen LogP contribution in [0.2, 0.25) is 0 Å². The van der Waals surface area contributed by atoms with Crippen molar-refractivity contribution in [3.05, 3.63) is 11.5 Å². The SMILES string of the molecule is CC(=O)Nc1nc(C)c(COC=O)o1. The van der Waals surface area contributed by atoms with Crippen LogP contribution in [0.5, 0.6) is 0 Å². The summed E-state index contributed by atoms with van der Waals surface area (Å²) >= 11 is 0. The number of carbonyl (C=O) groups is 2. The molecule has 1 aromatic rings. The van der Waals surface area contributed by atoms with Crippen molar-refractivity contribution in [2.75, 3.05) is 5.32 Å². The maximum absolute atomic E-state index is 10.6. The molecule has 0 saturated heterocycles. The van der Waals surface area contributed by atoms with E-state index in [1.54, 1.807) is 6.92 Å². The van der Waals surface area contributed by atoms with Crippen molar-refractivity contribution in [1.82, 2.24) is 4.98 Å². The maximum Gasteiger partial charge on any atom is 0.301 e. The summed E-state index contributed by atoms with van der Waals surface area (Å²) in [6.07, 6.45) is 0. The Morgan fingerprint density at radius 2 is 2.43 bits per heavy atom. The van der Waals surface area contributed by atoms with Gasteiger partial charge in [0.1, 0.15) is 0 Å². The van der Waals surface area contributed by atoms with Crippen molar-refractivity contribution < 1.29 is 18.7 Å². The van der Waals surface area contributed by atoms with Crippen molar-refractivity contribution in [1.29, 1.82) is 0 Å². The van der Waals surface area contributed by atoms with E-state index in [-0.39, 0.29) is 18.5 Å². The molecule has 76 valence electrons. The second-order valence-electron chi connectivity index (χ2n) is 2.62. The van der Waals surface area contributed by atoms with Gasteiger partial charge in [-0.25, -0.2) is 0 Å². The number of amides is 1. The van der Waals surface area contributed by atoms with Gasteiger partial charge < -0.3 is 9.15 Å². The zero-order valence-electron chi connectivity index (χ0n) is 7.86. The van der Waals surface area contributed by atoms with Crippen LogP contribution in [0.25, 0.3) is 0 Å². The van der Waals surface area contributed by atoms with Crippen LogP contribution in [0.3, 0.4) is 0 Å². The standard InChI is InChI=1S/C8H10N2O4/c1-5-7(3-13-4-11)14-8(9-5)10-6(2)12/h4H,3H2,1-2H3,(H,9,10,12). The maximum atomic E-state index is 10.6. The highest BCUT2D eigenvalue weighted by atomic mass is 16.5. The molecular formula is C8H10N2O4. The Labute approximate surface area is 80.3 Å². The molecule has 1 rings (SSSR count). The first kappa shape index (κ1) is 10.2. The molecular weight excluding hydrogens is 188 g/mol. The lowest BCUT2D eigenvalue weighted by Gasteiger charge is -1.94. The largest absolute Gasteiger partial charge is 0.460 e. The highest BCUT2D eigenvalue weighted by Crippen LogP contribution is 2.14. The van der Waals surface area contributed by atoms with Gasteiger partial charge in [0.15, 0.2) is 12.4 Å². The van der Waals surface area contributed by atoms with Gasteiger partial charge in [0, 0.05) is 6.92 Å². The van der Waals surface area contributed by atoms with Crippen LogP contribution in [0.1, 0.15) is 18.4 Å². The van der Waals surface area contributed by atoms with E-state index in [0.29, 0.717) is 17.9 Å². The molecule has 6 heteroatoms. The summed E-state index contributed by atoms with van der Waals surface area (Å²) in [5.74, 6) is 0.148. The molecule has 0 aliphatic carbocycles. The first-order valence-electron chi connectivity index (χ1n) is 3.92. The summed E-state index contributed by atoms with van der Waals surface area (Å²) in [5.41, 5.74) is 0.579. The van der Waals surface area contributed by atoms with Crippen molar-refractivity contribution in [2.45, 2.75) is 20.5 Å². The lowest BCUT2D eigenvalue weighted by molar-refractivity contribution is -0.130. The number of nitrogens with one attached hydrogen (secondary N) is 1. The number of carbonyl (C=O) groups excluding carboxylic acids is 2. The number of hydrogen-bond acceptors (Lipinski definition) is 5. The van der Waals surface area contributed by atoms with E-state index in [1.807, 2.05) is 0 Å². The summed E-state index contributed by atoms with van der Waals surface area (Å²) in [6.45, 7) is 3.38. The third-order valence-electron chi connectivity index (χ3n) is 1.46. The fourth-order valence-electron chi connectivity index (χ4n) is 0.876. The van der Waals surface area contributed by atoms with Crippen LogP contribution in [0.15, 0.2) is 4.42 Å². The number of nitrogens with zero attached hydrogens (tertiary/aromatic N) is 1. The lowest BCUT2D eigenvalue weighted by Crippen LogP contribution is -2.05. The van der Waals surface area contributed by atoms with E-state index in [4.69, 9.17) is 4.42 Å². The number of hydrogen-bond donors (Lipinski definition) is 1. The first-order chi connectivity index (χ1) is 6.63. The molecule has 1 heterocycles. The highest BCUT2D eigenvalue weighted by molar-refractivity contribution is 5.86. The van der Waals surface area contributed by atoms with E-state index >= 15 is 0 Å². The van der Waals surface area contributed by atoms with E-state index in [9.17, 15) is 9.59 Å². The topological polar surface area (TPSA) is 81.4 Å². The molecule has 0 bridgehead atoms. The molecule has 14 heavy (non-hydrogen) atoms. The van der Waals surface area contributed by atoms with E-state index < -0.39 is 0 Å². The Morgan fingerprint density at radius 3 is 3.00 bits per heavy atom. The quantitative estimate of drug-likeness (QED) is 0.717. The van der Waals surface area contributed by atoms with Gasteiger partial charge in [0.25, 0.3) is 6.47 Å². The predicted octanol–water partition coefficient (Wildman–Crippen LogP) is 0.614. The number of anilines is 1. The molecule has 0 spiro atoms. The minimum Gasteiger partial charge on any atom is -0.460 e. The molecule has 0 radical (unpaired) electrons. The fourth-order valence-corrected chi connectivity index (χ4v) is 0.876. The molecule has 1 amide bonds. The number of aryl methyl sites for hydroxylation is 1. The number of oxazole rings is 1. The molecule has 0 atom stereocenters. The summed E-state index contributed by atoms with van der Waals surface area (Å²) < 4.78 is 9.59. The third-order valence-corrected chi connectivity index (χ3v) is 1.46. The number of rotatable bonds is 4. The smallest absolute Gasteiger partial charge is 0.301 e. The first-order valence-corrected chi connectivity index (χ1v) is 3.92. The highest BCUT2D eigenvalue weighted by Gasteiger charge is 2.10. The number of ether oxygens (including phenoxy) is 1. The second kappa shape index (κ2) is 4.40. The zero-order valence-corrected chi connectivity index (χ0v) is 7.86. The van der Waals surface area contributed by atoms with Crippen LogP contribution >= 0.6 is 0 Å². The molecule has 0 fully saturated rings. The third kappa shape index (κ3) is 2.58. The molecule has 0 unspecified atom stereocenters. The molecule has 0 aliphatic rings. The van der Waals surface area contributed by atoms with Crippen molar-refractivity contribution in [3.8, 4) is 0 Å². The van der Waals surface area contributed by atoms with Crippen LogP contribution in [-0.4, -0.2) is 17.4 Å². The van der Waals surface area contributed by atoms with Crippen molar-refractivity contribution >= 4 is 18.4 Å². The summed E-state index contributed by atoms with van der Waals surface area (Å²) in [7, 11) is 0. The van der Waals surface area contributed by atoms with E-state index in [0.717, 1.165) is 0 Å². The average molecular weight is 198 g/mol. The summed E-state index contributed by atoms with van der Waals surface area (Å²) in [6, 6.07) is 0.111.